The summed E-state index contributed by atoms with van der Waals surface area (Å²) < 4.78 is 0.912. The Morgan fingerprint density at radius 2 is 2.21 bits per heavy atom. The fourth-order valence-electron chi connectivity index (χ4n) is 1.07. The lowest BCUT2D eigenvalue weighted by Gasteiger charge is -2.09. The minimum absolute atomic E-state index is 0.221. The summed E-state index contributed by atoms with van der Waals surface area (Å²) in [6.07, 6.45) is 0.336. The maximum atomic E-state index is 9.45. The third-order valence-electron chi connectivity index (χ3n) is 1.84. The van der Waals surface area contributed by atoms with Crippen molar-refractivity contribution in [1.29, 1.82) is 0 Å². The average molecular weight is 260 g/mol. The minimum atomic E-state index is -0.322. The van der Waals surface area contributed by atoms with Gasteiger partial charge >= 0.3 is 0 Å². The zero-order valence-corrected chi connectivity index (χ0v) is 9.58. The van der Waals surface area contributed by atoms with Gasteiger partial charge in [0.1, 0.15) is 5.75 Å². The van der Waals surface area contributed by atoms with Crippen LogP contribution in [0.5, 0.6) is 5.75 Å². The smallest absolute Gasteiger partial charge is 0.138 e. The van der Waals surface area contributed by atoms with E-state index in [0.717, 1.165) is 4.47 Å². The molecule has 0 aromatic heterocycles. The van der Waals surface area contributed by atoms with Crippen molar-refractivity contribution in [1.82, 2.24) is 0 Å². The summed E-state index contributed by atoms with van der Waals surface area (Å²) in [5, 5.41) is 21.5. The second-order valence-corrected chi connectivity index (χ2v) is 4.14. The molecule has 14 heavy (non-hydrogen) atoms. The predicted octanol–water partition coefficient (Wildman–Crippen LogP) is 2.34. The number of halogens is 1. The first-order valence-corrected chi connectivity index (χ1v) is 5.29. The molecule has 0 fully saturated rings. The molecule has 0 amide bonds. The van der Waals surface area contributed by atoms with E-state index in [2.05, 4.69) is 21.2 Å². The second kappa shape index (κ2) is 5.22. The molecule has 0 saturated carbocycles. The van der Waals surface area contributed by atoms with E-state index in [0.29, 0.717) is 18.7 Å². The van der Waals surface area contributed by atoms with Crippen LogP contribution in [0.4, 0.5) is 5.69 Å². The fraction of sp³-hybridized carbons (Fsp3) is 0.400. The van der Waals surface area contributed by atoms with Crippen LogP contribution in [0.15, 0.2) is 22.7 Å². The molecule has 0 radical (unpaired) electrons. The van der Waals surface area contributed by atoms with Crippen molar-refractivity contribution in [3.63, 3.8) is 0 Å². The number of aliphatic hydroxyl groups excluding tert-OH is 1. The van der Waals surface area contributed by atoms with E-state index in [1.807, 2.05) is 0 Å². The number of nitrogens with one attached hydrogen (secondary N) is 1. The zero-order chi connectivity index (χ0) is 10.6. The SMILES string of the molecule is CC(O)CCNc1cc(Br)ccc1O. The first-order chi connectivity index (χ1) is 6.59. The third kappa shape index (κ3) is 3.55. The summed E-state index contributed by atoms with van der Waals surface area (Å²) in [6, 6.07) is 5.20. The van der Waals surface area contributed by atoms with Crippen molar-refractivity contribution in [2.75, 3.05) is 11.9 Å². The molecule has 1 aromatic rings. The summed E-state index contributed by atoms with van der Waals surface area (Å²) >= 11 is 3.32. The number of aromatic hydroxyl groups is 1. The molecular formula is C10H14BrNO2. The quantitative estimate of drug-likeness (QED) is 0.728. The summed E-state index contributed by atoms with van der Waals surface area (Å²) in [6.45, 7) is 2.38. The van der Waals surface area contributed by atoms with E-state index in [1.54, 1.807) is 25.1 Å². The lowest BCUT2D eigenvalue weighted by Crippen LogP contribution is -2.09. The first-order valence-electron chi connectivity index (χ1n) is 4.50. The first kappa shape index (κ1) is 11.3. The molecule has 0 heterocycles. The highest BCUT2D eigenvalue weighted by Gasteiger charge is 2.01. The predicted molar refractivity (Wildman–Crippen MR) is 60.6 cm³/mol. The largest absolute Gasteiger partial charge is 0.506 e. The van der Waals surface area contributed by atoms with E-state index in [-0.39, 0.29) is 11.9 Å². The lowest BCUT2D eigenvalue weighted by atomic mass is 10.2. The molecule has 0 aliphatic heterocycles. The van der Waals surface area contributed by atoms with Crippen molar-refractivity contribution >= 4 is 21.6 Å². The maximum absolute atomic E-state index is 9.45. The average Bonchev–Trinajstić information content (AvgIpc) is 2.10. The number of rotatable bonds is 4. The zero-order valence-electron chi connectivity index (χ0n) is 8.00. The van der Waals surface area contributed by atoms with Gasteiger partial charge in [-0.1, -0.05) is 15.9 Å². The number of phenols is 1. The van der Waals surface area contributed by atoms with E-state index < -0.39 is 0 Å². The van der Waals surface area contributed by atoms with Crippen molar-refractivity contribution in [3.05, 3.63) is 22.7 Å². The number of hydrogen-bond acceptors (Lipinski definition) is 3. The van der Waals surface area contributed by atoms with Gasteiger partial charge in [0.2, 0.25) is 0 Å². The van der Waals surface area contributed by atoms with Gasteiger partial charge in [-0.25, -0.2) is 0 Å². The lowest BCUT2D eigenvalue weighted by molar-refractivity contribution is 0.188. The Morgan fingerprint density at radius 1 is 1.50 bits per heavy atom. The van der Waals surface area contributed by atoms with Crippen molar-refractivity contribution < 1.29 is 10.2 Å². The molecule has 0 spiro atoms. The van der Waals surface area contributed by atoms with Crippen LogP contribution < -0.4 is 5.32 Å². The van der Waals surface area contributed by atoms with E-state index >= 15 is 0 Å². The van der Waals surface area contributed by atoms with Gasteiger partial charge in [0.25, 0.3) is 0 Å². The molecule has 1 rings (SSSR count). The summed E-state index contributed by atoms with van der Waals surface area (Å²) in [5.41, 5.74) is 0.681. The molecule has 1 unspecified atom stereocenters. The minimum Gasteiger partial charge on any atom is -0.506 e. The fourth-order valence-corrected chi connectivity index (χ4v) is 1.43. The number of hydrogen-bond donors (Lipinski definition) is 3. The van der Waals surface area contributed by atoms with E-state index in [1.165, 1.54) is 0 Å². The number of phenolic OH excluding ortho intramolecular Hbond substituents is 1. The van der Waals surface area contributed by atoms with Crippen LogP contribution in [-0.2, 0) is 0 Å². The van der Waals surface area contributed by atoms with Gasteiger partial charge < -0.3 is 15.5 Å². The highest BCUT2D eigenvalue weighted by molar-refractivity contribution is 9.10. The van der Waals surface area contributed by atoms with Crippen LogP contribution in [0, 0.1) is 0 Å². The van der Waals surface area contributed by atoms with Crippen LogP contribution in [0.1, 0.15) is 13.3 Å². The Labute approximate surface area is 91.9 Å². The Morgan fingerprint density at radius 3 is 2.86 bits per heavy atom. The van der Waals surface area contributed by atoms with E-state index in [9.17, 15) is 5.11 Å². The molecule has 1 aromatic carbocycles. The standard InChI is InChI=1S/C10H14BrNO2/c1-7(13)4-5-12-9-6-8(11)2-3-10(9)14/h2-3,6-7,12-14H,4-5H2,1H3. The Bertz CT molecular complexity index is 302. The molecule has 1 atom stereocenters. The molecule has 0 aliphatic rings. The van der Waals surface area contributed by atoms with Crippen LogP contribution in [0.25, 0.3) is 0 Å². The molecule has 3 N–H and O–H groups in total. The van der Waals surface area contributed by atoms with Crippen molar-refractivity contribution in [2.45, 2.75) is 19.4 Å². The van der Waals surface area contributed by atoms with Crippen LogP contribution in [0.3, 0.4) is 0 Å². The Hall–Kier alpha value is -0.740. The number of aliphatic hydroxyl groups is 1. The van der Waals surface area contributed by atoms with Gasteiger partial charge in [-0.05, 0) is 31.5 Å². The van der Waals surface area contributed by atoms with Gasteiger partial charge in [0.15, 0.2) is 0 Å². The molecule has 0 bridgehead atoms. The van der Waals surface area contributed by atoms with E-state index in [4.69, 9.17) is 5.11 Å². The Balaban J connectivity index is 2.53. The molecule has 3 nitrogen and oxygen atoms in total. The van der Waals surface area contributed by atoms with Crippen LogP contribution >= 0.6 is 15.9 Å². The van der Waals surface area contributed by atoms with Crippen molar-refractivity contribution in [2.24, 2.45) is 0 Å². The summed E-state index contributed by atoms with van der Waals surface area (Å²) in [4.78, 5) is 0. The van der Waals surface area contributed by atoms with Crippen molar-refractivity contribution in [3.8, 4) is 5.75 Å². The van der Waals surface area contributed by atoms with Gasteiger partial charge in [0, 0.05) is 11.0 Å². The monoisotopic (exact) mass is 259 g/mol. The molecule has 4 heteroatoms. The van der Waals surface area contributed by atoms with Gasteiger partial charge in [-0.2, -0.15) is 0 Å². The van der Waals surface area contributed by atoms with Gasteiger partial charge in [-0.3, -0.25) is 0 Å². The summed E-state index contributed by atoms with van der Waals surface area (Å²) in [5.74, 6) is 0.221. The highest BCUT2D eigenvalue weighted by Crippen LogP contribution is 2.26. The molecule has 0 saturated heterocycles. The topological polar surface area (TPSA) is 52.5 Å². The number of benzene rings is 1. The molecule has 0 aliphatic carbocycles. The maximum Gasteiger partial charge on any atom is 0.138 e. The van der Waals surface area contributed by atoms with Gasteiger partial charge in [-0.15, -0.1) is 0 Å². The second-order valence-electron chi connectivity index (χ2n) is 3.23. The number of anilines is 1. The third-order valence-corrected chi connectivity index (χ3v) is 2.33. The Kier molecular flexibility index (Phi) is 4.22. The molecule has 78 valence electrons. The van der Waals surface area contributed by atoms with Gasteiger partial charge in [0.05, 0.1) is 11.8 Å². The summed E-state index contributed by atoms with van der Waals surface area (Å²) in [7, 11) is 0. The highest BCUT2D eigenvalue weighted by atomic mass is 79.9. The van der Waals surface area contributed by atoms with Crippen LogP contribution in [-0.4, -0.2) is 22.9 Å². The molecular weight excluding hydrogens is 246 g/mol. The van der Waals surface area contributed by atoms with Crippen LogP contribution in [0.2, 0.25) is 0 Å². The normalized spacial score (nSPS) is 12.5.